The Kier molecular flexibility index (Phi) is 3.57. The van der Waals surface area contributed by atoms with Gasteiger partial charge in [-0.2, -0.15) is 5.10 Å². The molecule has 2 aromatic heterocycles. The van der Waals surface area contributed by atoms with Crippen LogP contribution < -0.4 is 4.74 Å². The average molecular weight is 332 g/mol. The van der Waals surface area contributed by atoms with E-state index in [9.17, 15) is 5.11 Å². The van der Waals surface area contributed by atoms with Gasteiger partial charge in [-0.05, 0) is 6.07 Å². The molecule has 0 aliphatic carbocycles. The van der Waals surface area contributed by atoms with Crippen LogP contribution in [0.25, 0.3) is 33.4 Å². The van der Waals surface area contributed by atoms with Crippen LogP contribution in [-0.4, -0.2) is 32.0 Å². The number of benzene rings is 2. The van der Waals surface area contributed by atoms with Gasteiger partial charge in [0, 0.05) is 35.8 Å². The van der Waals surface area contributed by atoms with Crippen LogP contribution in [0.1, 0.15) is 0 Å². The van der Waals surface area contributed by atoms with Gasteiger partial charge in [-0.15, -0.1) is 0 Å². The van der Waals surface area contributed by atoms with Gasteiger partial charge in [0.2, 0.25) is 0 Å². The Hall–Kier alpha value is -3.41. The molecule has 0 radical (unpaired) electrons. The fraction of sp³-hybridized carbons (Fsp3) is 0.105. The molecule has 0 aliphatic heterocycles. The lowest BCUT2D eigenvalue weighted by Crippen LogP contribution is -1.92. The van der Waals surface area contributed by atoms with Gasteiger partial charge in [0.1, 0.15) is 12.0 Å². The zero-order chi connectivity index (χ0) is 17.4. The van der Waals surface area contributed by atoms with Crippen molar-refractivity contribution in [3.8, 4) is 34.0 Å². The molecule has 0 spiro atoms. The Morgan fingerprint density at radius 3 is 2.60 bits per heavy atom. The Morgan fingerprint density at radius 1 is 1.04 bits per heavy atom. The molecular weight excluding hydrogens is 316 g/mol. The first-order valence-corrected chi connectivity index (χ1v) is 7.78. The van der Waals surface area contributed by atoms with E-state index >= 15 is 0 Å². The molecule has 6 nitrogen and oxygen atoms in total. The van der Waals surface area contributed by atoms with E-state index < -0.39 is 0 Å². The molecule has 4 aromatic rings. The SMILES string of the molecule is COc1cc2ncnc(-c3cn(C)nc3-c3ccccc3)c2cc1O. The summed E-state index contributed by atoms with van der Waals surface area (Å²) in [5, 5.41) is 15.5. The number of hydrogen-bond acceptors (Lipinski definition) is 5. The zero-order valence-corrected chi connectivity index (χ0v) is 13.8. The number of hydrogen-bond donors (Lipinski definition) is 1. The van der Waals surface area contributed by atoms with Crippen LogP contribution in [0.3, 0.4) is 0 Å². The largest absolute Gasteiger partial charge is 0.504 e. The van der Waals surface area contributed by atoms with Gasteiger partial charge in [-0.3, -0.25) is 4.68 Å². The van der Waals surface area contributed by atoms with Gasteiger partial charge in [0.05, 0.1) is 18.3 Å². The number of ether oxygens (including phenoxy) is 1. The molecule has 0 saturated carbocycles. The minimum Gasteiger partial charge on any atom is -0.504 e. The number of aryl methyl sites for hydroxylation is 1. The van der Waals surface area contributed by atoms with E-state index in [-0.39, 0.29) is 5.75 Å². The molecule has 1 N–H and O–H groups in total. The second-order valence-electron chi connectivity index (χ2n) is 5.69. The molecule has 2 heterocycles. The van der Waals surface area contributed by atoms with Crippen LogP contribution in [-0.2, 0) is 7.05 Å². The summed E-state index contributed by atoms with van der Waals surface area (Å²) < 4.78 is 6.93. The second-order valence-corrected chi connectivity index (χ2v) is 5.69. The summed E-state index contributed by atoms with van der Waals surface area (Å²) in [5.41, 5.74) is 4.13. The summed E-state index contributed by atoms with van der Waals surface area (Å²) in [7, 11) is 3.39. The Balaban J connectivity index is 1.99. The van der Waals surface area contributed by atoms with E-state index in [0.29, 0.717) is 11.3 Å². The highest BCUT2D eigenvalue weighted by Crippen LogP contribution is 2.37. The van der Waals surface area contributed by atoms with Crippen LogP contribution >= 0.6 is 0 Å². The molecule has 0 aliphatic rings. The van der Waals surface area contributed by atoms with Crippen LogP contribution in [0.4, 0.5) is 0 Å². The minimum atomic E-state index is 0.0520. The first-order chi connectivity index (χ1) is 12.2. The predicted molar refractivity (Wildman–Crippen MR) is 95.4 cm³/mol. The number of fused-ring (bicyclic) bond motifs is 1. The maximum absolute atomic E-state index is 10.2. The molecule has 0 atom stereocenters. The highest BCUT2D eigenvalue weighted by atomic mass is 16.5. The fourth-order valence-corrected chi connectivity index (χ4v) is 2.92. The topological polar surface area (TPSA) is 73.1 Å². The quantitative estimate of drug-likeness (QED) is 0.622. The first-order valence-electron chi connectivity index (χ1n) is 7.78. The van der Waals surface area contributed by atoms with E-state index in [0.717, 1.165) is 27.9 Å². The number of nitrogens with zero attached hydrogens (tertiary/aromatic N) is 4. The van der Waals surface area contributed by atoms with Gasteiger partial charge in [0.15, 0.2) is 11.5 Å². The predicted octanol–water partition coefficient (Wildman–Crippen LogP) is 3.41. The maximum Gasteiger partial charge on any atom is 0.162 e. The van der Waals surface area contributed by atoms with Crippen molar-refractivity contribution in [2.75, 3.05) is 7.11 Å². The summed E-state index contributed by atoms with van der Waals surface area (Å²) in [6.07, 6.45) is 3.43. The number of phenolic OH excluding ortho intramolecular Hbond substituents is 1. The normalized spacial score (nSPS) is 11.0. The average Bonchev–Trinajstić information content (AvgIpc) is 3.03. The Labute approximate surface area is 144 Å². The number of aromatic nitrogens is 4. The summed E-state index contributed by atoms with van der Waals surface area (Å²) in [6.45, 7) is 0. The molecule has 0 fully saturated rings. The maximum atomic E-state index is 10.2. The summed E-state index contributed by atoms with van der Waals surface area (Å²) in [6, 6.07) is 13.3. The number of aromatic hydroxyl groups is 1. The molecule has 0 unspecified atom stereocenters. The summed E-state index contributed by atoms with van der Waals surface area (Å²) in [4.78, 5) is 8.75. The van der Waals surface area contributed by atoms with E-state index in [2.05, 4.69) is 15.1 Å². The Bertz CT molecular complexity index is 1060. The third-order valence-electron chi connectivity index (χ3n) is 4.07. The van der Waals surface area contributed by atoms with Crippen molar-refractivity contribution in [3.63, 3.8) is 0 Å². The smallest absolute Gasteiger partial charge is 0.162 e. The Morgan fingerprint density at radius 2 is 1.84 bits per heavy atom. The molecule has 124 valence electrons. The van der Waals surface area contributed by atoms with Crippen LogP contribution in [0.5, 0.6) is 11.5 Å². The van der Waals surface area contributed by atoms with Crippen molar-refractivity contribution >= 4 is 10.9 Å². The molecule has 2 aromatic carbocycles. The van der Waals surface area contributed by atoms with E-state index in [1.807, 2.05) is 43.6 Å². The molecule has 6 heteroatoms. The van der Waals surface area contributed by atoms with Gasteiger partial charge >= 0.3 is 0 Å². The molecule has 0 bridgehead atoms. The van der Waals surface area contributed by atoms with Crippen molar-refractivity contribution in [2.45, 2.75) is 0 Å². The lowest BCUT2D eigenvalue weighted by Gasteiger charge is -2.08. The van der Waals surface area contributed by atoms with Crippen molar-refractivity contribution in [1.29, 1.82) is 0 Å². The molecule has 4 rings (SSSR count). The third-order valence-corrected chi connectivity index (χ3v) is 4.07. The van der Waals surface area contributed by atoms with Gasteiger partial charge in [-0.1, -0.05) is 30.3 Å². The van der Waals surface area contributed by atoms with E-state index in [1.54, 1.807) is 16.8 Å². The summed E-state index contributed by atoms with van der Waals surface area (Å²) in [5.74, 6) is 0.433. The van der Waals surface area contributed by atoms with Gasteiger partial charge in [0.25, 0.3) is 0 Å². The highest BCUT2D eigenvalue weighted by molar-refractivity contribution is 5.97. The lowest BCUT2D eigenvalue weighted by molar-refractivity contribution is 0.374. The second kappa shape index (κ2) is 5.90. The first kappa shape index (κ1) is 15.1. The monoisotopic (exact) mass is 332 g/mol. The molecule has 25 heavy (non-hydrogen) atoms. The number of methoxy groups -OCH3 is 1. The van der Waals surface area contributed by atoms with Gasteiger partial charge in [-0.25, -0.2) is 9.97 Å². The van der Waals surface area contributed by atoms with Crippen molar-refractivity contribution in [3.05, 3.63) is 55.0 Å². The lowest BCUT2D eigenvalue weighted by atomic mass is 10.0. The standard InChI is InChI=1S/C19H16N4O2/c1-23-10-14(18(22-23)12-6-4-3-5-7-12)19-13-8-16(24)17(25-2)9-15(13)20-11-21-19/h3-11,24H,1-2H3. The van der Waals surface area contributed by atoms with Crippen molar-refractivity contribution in [2.24, 2.45) is 7.05 Å². The highest BCUT2D eigenvalue weighted by Gasteiger charge is 2.17. The van der Waals surface area contributed by atoms with Crippen molar-refractivity contribution in [1.82, 2.24) is 19.7 Å². The van der Waals surface area contributed by atoms with Gasteiger partial charge < -0.3 is 9.84 Å². The van der Waals surface area contributed by atoms with E-state index in [1.165, 1.54) is 13.4 Å². The molecular formula is C19H16N4O2. The third kappa shape index (κ3) is 2.57. The minimum absolute atomic E-state index is 0.0520. The van der Waals surface area contributed by atoms with Crippen LogP contribution in [0.2, 0.25) is 0 Å². The zero-order valence-electron chi connectivity index (χ0n) is 13.8. The van der Waals surface area contributed by atoms with Crippen molar-refractivity contribution < 1.29 is 9.84 Å². The van der Waals surface area contributed by atoms with E-state index in [4.69, 9.17) is 4.74 Å². The molecule has 0 saturated heterocycles. The number of phenols is 1. The molecule has 0 amide bonds. The van der Waals surface area contributed by atoms with Crippen LogP contribution in [0, 0.1) is 0 Å². The number of rotatable bonds is 3. The van der Waals surface area contributed by atoms with Crippen LogP contribution in [0.15, 0.2) is 55.0 Å². The summed E-state index contributed by atoms with van der Waals surface area (Å²) >= 11 is 0. The fourth-order valence-electron chi connectivity index (χ4n) is 2.92.